The van der Waals surface area contributed by atoms with Crippen molar-refractivity contribution >= 4 is 34.2 Å². The predicted octanol–water partition coefficient (Wildman–Crippen LogP) is 4.25. The van der Waals surface area contributed by atoms with E-state index in [2.05, 4.69) is 16.5 Å². The van der Waals surface area contributed by atoms with Crippen molar-refractivity contribution in [2.75, 3.05) is 13.2 Å². The Labute approximate surface area is 123 Å². The minimum Gasteiger partial charge on any atom is -0.380 e. The number of unbranched alkanes of at least 4 members (excludes halogenated alkanes) is 1. The third-order valence-electron chi connectivity index (χ3n) is 3.03. The van der Waals surface area contributed by atoms with Crippen molar-refractivity contribution in [3.8, 4) is 0 Å². The largest absolute Gasteiger partial charge is 0.380 e. The summed E-state index contributed by atoms with van der Waals surface area (Å²) in [5.74, 6) is 1.21. The summed E-state index contributed by atoms with van der Waals surface area (Å²) in [6.07, 6.45) is 2.25. The summed E-state index contributed by atoms with van der Waals surface area (Å²) in [6, 6.07) is 5.78. The second-order valence-corrected chi connectivity index (χ2v) is 5.06. The number of nitrogens with zero attached hydrogens (tertiary/aromatic N) is 2. The molecule has 1 aromatic heterocycles. The molecule has 0 bridgehead atoms. The highest BCUT2D eigenvalue weighted by molar-refractivity contribution is 6.34. The Morgan fingerprint density at radius 1 is 1.32 bits per heavy atom. The Morgan fingerprint density at radius 2 is 2.16 bits per heavy atom. The lowest BCUT2D eigenvalue weighted by molar-refractivity contribution is 0.124. The first-order valence-corrected chi connectivity index (χ1v) is 7.46. The fourth-order valence-corrected chi connectivity index (χ4v) is 2.43. The van der Waals surface area contributed by atoms with Crippen molar-refractivity contribution in [2.24, 2.45) is 0 Å². The molecule has 104 valence electrons. The van der Waals surface area contributed by atoms with Gasteiger partial charge in [-0.2, -0.15) is 0 Å². The summed E-state index contributed by atoms with van der Waals surface area (Å²) in [6.45, 7) is 4.38. The van der Waals surface area contributed by atoms with E-state index in [-0.39, 0.29) is 0 Å². The van der Waals surface area contributed by atoms with Gasteiger partial charge >= 0.3 is 0 Å². The molecule has 0 saturated heterocycles. The van der Waals surface area contributed by atoms with Crippen LogP contribution < -0.4 is 0 Å². The number of hydrogen-bond acceptors (Lipinski definition) is 2. The molecule has 1 heterocycles. The quantitative estimate of drug-likeness (QED) is 0.565. The molecule has 3 nitrogen and oxygen atoms in total. The lowest BCUT2D eigenvalue weighted by Crippen LogP contribution is -2.09. The highest BCUT2D eigenvalue weighted by atomic mass is 35.5. The van der Waals surface area contributed by atoms with E-state index in [1.165, 1.54) is 0 Å². The molecule has 5 heteroatoms. The smallest absolute Gasteiger partial charge is 0.124 e. The molecule has 2 aromatic rings. The second-order valence-electron chi connectivity index (χ2n) is 4.39. The van der Waals surface area contributed by atoms with Crippen LogP contribution in [0.4, 0.5) is 0 Å². The van der Waals surface area contributed by atoms with Gasteiger partial charge in [0, 0.05) is 13.2 Å². The number of halogens is 2. The van der Waals surface area contributed by atoms with Crippen LogP contribution in [0.5, 0.6) is 0 Å². The summed E-state index contributed by atoms with van der Waals surface area (Å²) >= 11 is 12.1. The van der Waals surface area contributed by atoms with E-state index in [0.717, 1.165) is 42.9 Å². The minimum atomic E-state index is 0.375. The maximum Gasteiger partial charge on any atom is 0.124 e. The molecule has 0 aliphatic heterocycles. The van der Waals surface area contributed by atoms with Crippen LogP contribution in [0.25, 0.3) is 11.0 Å². The molecular formula is C14H18Cl2N2O. The Balaban J connectivity index is 2.14. The first-order chi connectivity index (χ1) is 9.27. The van der Waals surface area contributed by atoms with Gasteiger partial charge in [0.05, 0.1) is 23.0 Å². The van der Waals surface area contributed by atoms with Crippen LogP contribution in [0.15, 0.2) is 18.2 Å². The van der Waals surface area contributed by atoms with E-state index >= 15 is 0 Å². The Morgan fingerprint density at radius 3 is 2.89 bits per heavy atom. The van der Waals surface area contributed by atoms with E-state index in [1.54, 1.807) is 0 Å². The number of alkyl halides is 1. The van der Waals surface area contributed by atoms with Crippen molar-refractivity contribution in [2.45, 2.75) is 32.2 Å². The Bertz CT molecular complexity index is 539. The van der Waals surface area contributed by atoms with Crippen LogP contribution in [0.2, 0.25) is 5.02 Å². The number of ether oxygens (including phenoxy) is 1. The molecule has 1 aromatic carbocycles. The van der Waals surface area contributed by atoms with Crippen molar-refractivity contribution in [1.82, 2.24) is 9.55 Å². The molecule has 0 atom stereocenters. The molecule has 0 spiro atoms. The van der Waals surface area contributed by atoms with E-state index in [0.29, 0.717) is 17.5 Å². The molecule has 0 aliphatic rings. The third kappa shape index (κ3) is 3.41. The van der Waals surface area contributed by atoms with E-state index in [4.69, 9.17) is 27.9 Å². The zero-order valence-corrected chi connectivity index (χ0v) is 12.5. The summed E-state index contributed by atoms with van der Waals surface area (Å²) in [5.41, 5.74) is 1.83. The van der Waals surface area contributed by atoms with Gasteiger partial charge in [-0.05, 0) is 18.6 Å². The summed E-state index contributed by atoms with van der Waals surface area (Å²) in [7, 11) is 0. The van der Waals surface area contributed by atoms with Gasteiger partial charge in [-0.15, -0.1) is 11.6 Å². The fourth-order valence-electron chi connectivity index (χ4n) is 2.02. The van der Waals surface area contributed by atoms with Gasteiger partial charge in [0.2, 0.25) is 0 Å². The molecule has 0 N–H and O–H groups in total. The van der Waals surface area contributed by atoms with Crippen molar-refractivity contribution in [3.63, 3.8) is 0 Å². The first-order valence-electron chi connectivity index (χ1n) is 6.55. The molecule has 0 fully saturated rings. The van der Waals surface area contributed by atoms with E-state index < -0.39 is 0 Å². The van der Waals surface area contributed by atoms with Gasteiger partial charge < -0.3 is 9.30 Å². The van der Waals surface area contributed by atoms with Crippen LogP contribution in [0.1, 0.15) is 25.6 Å². The maximum atomic E-state index is 6.15. The van der Waals surface area contributed by atoms with Gasteiger partial charge in [-0.1, -0.05) is 31.0 Å². The normalized spacial score (nSPS) is 11.3. The first kappa shape index (κ1) is 14.6. The number of imidazole rings is 1. The Kier molecular flexibility index (Phi) is 5.49. The molecule has 0 aliphatic carbocycles. The summed E-state index contributed by atoms with van der Waals surface area (Å²) < 4.78 is 7.68. The predicted molar refractivity (Wildman–Crippen MR) is 80.0 cm³/mol. The van der Waals surface area contributed by atoms with Crippen LogP contribution >= 0.6 is 23.2 Å². The van der Waals surface area contributed by atoms with Gasteiger partial charge in [0.1, 0.15) is 11.3 Å². The maximum absolute atomic E-state index is 6.15. The molecule has 2 rings (SSSR count). The average molecular weight is 301 g/mol. The lowest BCUT2D eigenvalue weighted by Gasteiger charge is -2.08. The number of benzene rings is 1. The Hall–Kier alpha value is -0.770. The third-order valence-corrected chi connectivity index (χ3v) is 3.57. The van der Waals surface area contributed by atoms with Crippen LogP contribution in [0, 0.1) is 0 Å². The minimum absolute atomic E-state index is 0.375. The highest BCUT2D eigenvalue weighted by Gasteiger charge is 2.11. The van der Waals surface area contributed by atoms with Gasteiger partial charge in [-0.3, -0.25) is 0 Å². The van der Waals surface area contributed by atoms with E-state index in [9.17, 15) is 0 Å². The number of hydrogen-bond donors (Lipinski definition) is 0. The second kappa shape index (κ2) is 7.13. The van der Waals surface area contributed by atoms with Crippen molar-refractivity contribution < 1.29 is 4.74 Å². The van der Waals surface area contributed by atoms with Crippen LogP contribution in [-0.4, -0.2) is 22.8 Å². The molecule has 19 heavy (non-hydrogen) atoms. The van der Waals surface area contributed by atoms with Crippen molar-refractivity contribution in [3.05, 3.63) is 29.0 Å². The fraction of sp³-hybridized carbons (Fsp3) is 0.500. The highest BCUT2D eigenvalue weighted by Crippen LogP contribution is 2.24. The molecule has 0 unspecified atom stereocenters. The number of para-hydroxylation sites is 1. The van der Waals surface area contributed by atoms with Crippen LogP contribution in [-0.2, 0) is 17.2 Å². The van der Waals surface area contributed by atoms with Gasteiger partial charge in [0.25, 0.3) is 0 Å². The summed E-state index contributed by atoms with van der Waals surface area (Å²) in [4.78, 5) is 4.49. The summed E-state index contributed by atoms with van der Waals surface area (Å²) in [5, 5.41) is 0.662. The molecule has 0 radical (unpaired) electrons. The zero-order valence-electron chi connectivity index (χ0n) is 11.0. The SMILES string of the molecule is CCCCOCCn1c(CCl)nc2c(Cl)cccc21. The molecule has 0 saturated carbocycles. The number of aromatic nitrogens is 2. The monoisotopic (exact) mass is 300 g/mol. The molecule has 0 amide bonds. The average Bonchev–Trinajstić information content (AvgIpc) is 2.78. The van der Waals surface area contributed by atoms with Gasteiger partial charge in [-0.25, -0.2) is 4.98 Å². The van der Waals surface area contributed by atoms with Crippen molar-refractivity contribution in [1.29, 1.82) is 0 Å². The lowest BCUT2D eigenvalue weighted by atomic mass is 10.3. The van der Waals surface area contributed by atoms with Crippen LogP contribution in [0.3, 0.4) is 0 Å². The van der Waals surface area contributed by atoms with E-state index in [1.807, 2.05) is 18.2 Å². The van der Waals surface area contributed by atoms with Gasteiger partial charge in [0.15, 0.2) is 0 Å². The topological polar surface area (TPSA) is 27.1 Å². The number of rotatable bonds is 7. The zero-order chi connectivity index (χ0) is 13.7. The number of fused-ring (bicyclic) bond motifs is 1. The molecular weight excluding hydrogens is 283 g/mol. The standard InChI is InChI=1S/C14H18Cl2N2O/c1-2-3-8-19-9-7-18-12-6-4-5-11(16)14(12)17-13(18)10-15/h4-6H,2-3,7-10H2,1H3.